The van der Waals surface area contributed by atoms with Gasteiger partial charge in [-0.2, -0.15) is 5.10 Å². The molecule has 1 aromatic heterocycles. The van der Waals surface area contributed by atoms with Gasteiger partial charge in [-0.3, -0.25) is 4.68 Å². The van der Waals surface area contributed by atoms with Gasteiger partial charge in [-0.15, -0.1) is 0 Å². The van der Waals surface area contributed by atoms with Gasteiger partial charge in [0.1, 0.15) is 5.03 Å². The maximum Gasteiger partial charge on any atom is 0.102 e. The monoisotopic (exact) mass is 392 g/mol. The summed E-state index contributed by atoms with van der Waals surface area (Å²) in [5.41, 5.74) is 2.37. The van der Waals surface area contributed by atoms with Gasteiger partial charge in [-0.1, -0.05) is 50.9 Å². The highest BCUT2D eigenvalue weighted by Crippen LogP contribution is 2.35. The number of aryl methyl sites for hydroxylation is 2. The summed E-state index contributed by atoms with van der Waals surface area (Å²) in [7, 11) is 0. The lowest BCUT2D eigenvalue weighted by molar-refractivity contribution is 0.599. The molecule has 1 heterocycles. The topological polar surface area (TPSA) is 17.8 Å². The van der Waals surface area contributed by atoms with Crippen LogP contribution in [0.4, 0.5) is 0 Å². The molecular weight excluding hydrogens is 379 g/mol. The molecule has 20 heavy (non-hydrogen) atoms. The van der Waals surface area contributed by atoms with Crippen LogP contribution >= 0.6 is 50.9 Å². The van der Waals surface area contributed by atoms with Gasteiger partial charge in [0, 0.05) is 32.4 Å². The van der Waals surface area contributed by atoms with Gasteiger partial charge in [-0.25, -0.2) is 0 Å². The highest BCUT2D eigenvalue weighted by Gasteiger charge is 2.15. The van der Waals surface area contributed by atoms with Crippen molar-refractivity contribution in [3.8, 4) is 0 Å². The molecule has 0 spiro atoms. The molecule has 1 aromatic carbocycles. The van der Waals surface area contributed by atoms with Gasteiger partial charge in [-0.05, 0) is 38.5 Å². The second-order valence-corrected chi connectivity index (χ2v) is 7.06. The van der Waals surface area contributed by atoms with E-state index in [-0.39, 0.29) is 0 Å². The summed E-state index contributed by atoms with van der Waals surface area (Å²) in [4.78, 5) is 1.04. The predicted octanol–water partition coefficient (Wildman–Crippen LogP) is 5.61. The van der Waals surface area contributed by atoms with Crippen LogP contribution in [0.15, 0.2) is 28.1 Å². The fourth-order valence-electron chi connectivity index (χ4n) is 2.01. The Morgan fingerprint density at radius 3 is 2.45 bits per heavy atom. The quantitative estimate of drug-likeness (QED) is 0.614. The number of hydrogen-bond donors (Lipinski definition) is 0. The van der Waals surface area contributed by atoms with Gasteiger partial charge < -0.3 is 0 Å². The lowest BCUT2D eigenvalue weighted by atomic mass is 10.2. The summed E-state index contributed by atoms with van der Waals surface area (Å²) in [6.07, 6.45) is 0.961. The summed E-state index contributed by atoms with van der Waals surface area (Å²) in [5.74, 6) is 0. The van der Waals surface area contributed by atoms with E-state index in [0.29, 0.717) is 10.0 Å². The largest absolute Gasteiger partial charge is 0.258 e. The average molecular weight is 394 g/mol. The third-order valence-electron chi connectivity index (χ3n) is 2.89. The van der Waals surface area contributed by atoms with Crippen molar-refractivity contribution >= 4 is 50.9 Å². The zero-order valence-corrected chi connectivity index (χ0v) is 15.2. The second kappa shape index (κ2) is 7.21. The van der Waals surface area contributed by atoms with Crippen molar-refractivity contribution in [1.29, 1.82) is 0 Å². The first-order valence-electron chi connectivity index (χ1n) is 6.31. The van der Waals surface area contributed by atoms with E-state index in [1.807, 2.05) is 16.8 Å². The third-order valence-corrected chi connectivity index (χ3v) is 4.85. The zero-order valence-electron chi connectivity index (χ0n) is 11.3. The van der Waals surface area contributed by atoms with Crippen LogP contribution in [0.1, 0.15) is 18.2 Å². The second-order valence-electron chi connectivity index (χ2n) is 4.33. The molecule has 2 nitrogen and oxygen atoms in total. The van der Waals surface area contributed by atoms with E-state index in [0.717, 1.165) is 28.9 Å². The van der Waals surface area contributed by atoms with Crippen LogP contribution in [0, 0.1) is 6.92 Å². The Labute approximate surface area is 142 Å². The predicted molar refractivity (Wildman–Crippen MR) is 90.7 cm³/mol. The molecular formula is C14H15BrCl2N2S. The molecule has 0 saturated carbocycles. The number of rotatable bonds is 5. The SMILES string of the molecule is CCn1nc(C)c(CCBr)c1Sc1cc(Cl)cc(Cl)c1. The van der Waals surface area contributed by atoms with Crippen LogP contribution in [0.2, 0.25) is 10.0 Å². The van der Waals surface area contributed by atoms with Gasteiger partial charge >= 0.3 is 0 Å². The Kier molecular flexibility index (Phi) is 5.84. The van der Waals surface area contributed by atoms with Crippen molar-refractivity contribution in [1.82, 2.24) is 9.78 Å². The van der Waals surface area contributed by atoms with E-state index < -0.39 is 0 Å². The number of halogens is 3. The minimum absolute atomic E-state index is 0.654. The number of nitrogens with zero attached hydrogens (tertiary/aromatic N) is 2. The first-order chi connectivity index (χ1) is 9.55. The van der Waals surface area contributed by atoms with Crippen LogP contribution in [0.5, 0.6) is 0 Å². The van der Waals surface area contributed by atoms with Crippen molar-refractivity contribution in [2.45, 2.75) is 36.7 Å². The Hall–Kier alpha value is -0.160. The Morgan fingerprint density at radius 2 is 1.90 bits per heavy atom. The van der Waals surface area contributed by atoms with E-state index >= 15 is 0 Å². The van der Waals surface area contributed by atoms with Crippen molar-refractivity contribution in [2.75, 3.05) is 5.33 Å². The van der Waals surface area contributed by atoms with Crippen molar-refractivity contribution in [3.05, 3.63) is 39.5 Å². The molecule has 2 rings (SSSR count). The molecule has 0 N–H and O–H groups in total. The van der Waals surface area contributed by atoms with Crippen LogP contribution in [0.3, 0.4) is 0 Å². The highest BCUT2D eigenvalue weighted by atomic mass is 79.9. The summed E-state index contributed by atoms with van der Waals surface area (Å²) < 4.78 is 2.03. The summed E-state index contributed by atoms with van der Waals surface area (Å²) >= 11 is 17.3. The molecule has 0 bridgehead atoms. The van der Waals surface area contributed by atoms with Gasteiger partial charge in [0.2, 0.25) is 0 Å². The van der Waals surface area contributed by atoms with Crippen molar-refractivity contribution < 1.29 is 0 Å². The molecule has 2 aromatic rings. The molecule has 0 fully saturated rings. The lowest BCUT2D eigenvalue weighted by Gasteiger charge is -2.08. The fourth-order valence-corrected chi connectivity index (χ4v) is 4.30. The number of hydrogen-bond acceptors (Lipinski definition) is 2. The third kappa shape index (κ3) is 3.73. The smallest absolute Gasteiger partial charge is 0.102 e. The normalized spacial score (nSPS) is 11.1. The van der Waals surface area contributed by atoms with E-state index in [1.165, 1.54) is 10.6 Å². The molecule has 6 heteroatoms. The van der Waals surface area contributed by atoms with Crippen molar-refractivity contribution in [2.24, 2.45) is 0 Å². The first-order valence-corrected chi connectivity index (χ1v) is 9.00. The summed E-state index contributed by atoms with van der Waals surface area (Å²) in [6, 6.07) is 5.60. The minimum Gasteiger partial charge on any atom is -0.258 e. The average Bonchev–Trinajstić information content (AvgIpc) is 2.66. The summed E-state index contributed by atoms with van der Waals surface area (Å²) in [5, 5.41) is 8.00. The van der Waals surface area contributed by atoms with E-state index in [1.54, 1.807) is 17.8 Å². The maximum absolute atomic E-state index is 6.07. The molecule has 0 aliphatic heterocycles. The lowest BCUT2D eigenvalue weighted by Crippen LogP contribution is -1.99. The molecule has 0 aliphatic carbocycles. The number of alkyl halides is 1. The molecule has 0 unspecified atom stereocenters. The molecule has 0 amide bonds. The molecule has 0 aliphatic rings. The van der Waals surface area contributed by atoms with E-state index in [4.69, 9.17) is 23.2 Å². The molecule has 0 atom stereocenters. The van der Waals surface area contributed by atoms with Crippen LogP contribution in [-0.4, -0.2) is 15.1 Å². The zero-order chi connectivity index (χ0) is 14.7. The maximum atomic E-state index is 6.07. The molecule has 0 radical (unpaired) electrons. The minimum atomic E-state index is 0.654. The first kappa shape index (κ1) is 16.2. The Bertz CT molecular complexity index is 593. The molecule has 0 saturated heterocycles. The molecule has 108 valence electrons. The van der Waals surface area contributed by atoms with Crippen molar-refractivity contribution in [3.63, 3.8) is 0 Å². The number of benzene rings is 1. The van der Waals surface area contributed by atoms with Gasteiger partial charge in [0.15, 0.2) is 0 Å². The fraction of sp³-hybridized carbons (Fsp3) is 0.357. The Balaban J connectivity index is 2.40. The highest BCUT2D eigenvalue weighted by molar-refractivity contribution is 9.09. The van der Waals surface area contributed by atoms with Crippen LogP contribution in [0.25, 0.3) is 0 Å². The van der Waals surface area contributed by atoms with Gasteiger partial charge in [0.25, 0.3) is 0 Å². The van der Waals surface area contributed by atoms with E-state index in [2.05, 4.69) is 34.9 Å². The summed E-state index contributed by atoms with van der Waals surface area (Å²) in [6.45, 7) is 5.00. The van der Waals surface area contributed by atoms with Gasteiger partial charge in [0.05, 0.1) is 5.69 Å². The number of aromatic nitrogens is 2. The van der Waals surface area contributed by atoms with Crippen LogP contribution < -0.4 is 0 Å². The standard InChI is InChI=1S/C14H15BrCl2N2S/c1-3-19-14(13(4-5-15)9(2)18-19)20-12-7-10(16)6-11(17)8-12/h6-8H,3-5H2,1-2H3. The van der Waals surface area contributed by atoms with E-state index in [9.17, 15) is 0 Å². The Morgan fingerprint density at radius 1 is 1.25 bits per heavy atom. The van der Waals surface area contributed by atoms with Crippen LogP contribution in [-0.2, 0) is 13.0 Å².